The lowest BCUT2D eigenvalue weighted by molar-refractivity contribution is 0.343. The fourth-order valence-electron chi connectivity index (χ4n) is 7.29. The Morgan fingerprint density at radius 2 is 0.951 bits per heavy atom. The second-order valence-electron chi connectivity index (χ2n) is 14.2. The Morgan fingerprint density at radius 3 is 1.46 bits per heavy atom. The number of allylic oxidation sites excluding steroid dienone is 5. The van der Waals surface area contributed by atoms with Crippen LogP contribution in [-0.2, 0) is 0 Å². The number of aromatic nitrogens is 6. The van der Waals surface area contributed by atoms with E-state index in [2.05, 4.69) is 109 Å². The molecule has 0 amide bonds. The van der Waals surface area contributed by atoms with E-state index in [4.69, 9.17) is 29.9 Å². The van der Waals surface area contributed by atoms with Crippen LogP contribution in [0.3, 0.4) is 0 Å². The Labute approximate surface area is 359 Å². The zero-order valence-electron chi connectivity index (χ0n) is 33.4. The van der Waals surface area contributed by atoms with Gasteiger partial charge in [0.2, 0.25) is 0 Å². The summed E-state index contributed by atoms with van der Waals surface area (Å²) in [4.78, 5) is 30.8. The summed E-state index contributed by atoms with van der Waals surface area (Å²) in [5, 5.41) is 9.52. The van der Waals surface area contributed by atoms with Gasteiger partial charge in [-0.15, -0.1) is 11.8 Å². The third kappa shape index (κ3) is 8.68. The Balaban J connectivity index is 1.12. The van der Waals surface area contributed by atoms with Gasteiger partial charge in [-0.3, -0.25) is 0 Å². The second-order valence-corrected chi connectivity index (χ2v) is 15.3. The molecule has 0 atom stereocenters. The van der Waals surface area contributed by atoms with E-state index in [0.29, 0.717) is 34.9 Å². The topological polar surface area (TPSA) is 97.6 Å². The molecule has 0 radical (unpaired) electrons. The zero-order chi connectivity index (χ0) is 41.4. The van der Waals surface area contributed by atoms with Crippen LogP contribution in [0, 0.1) is 0 Å². The van der Waals surface area contributed by atoms with Gasteiger partial charge in [0.25, 0.3) is 0 Å². The summed E-state index contributed by atoms with van der Waals surface area (Å²) in [7, 11) is 0. The highest BCUT2D eigenvalue weighted by atomic mass is 32.2. The van der Waals surface area contributed by atoms with Crippen LogP contribution in [0.2, 0.25) is 0 Å². The summed E-state index contributed by atoms with van der Waals surface area (Å²) in [5.41, 5.74) is 10.8. The average Bonchev–Trinajstić information content (AvgIpc) is 3.35. The number of aliphatic hydroxyl groups is 1. The summed E-state index contributed by atoms with van der Waals surface area (Å²) in [6, 6.07) is 53.9. The van der Waals surface area contributed by atoms with Gasteiger partial charge in [0.05, 0.1) is 11.5 Å². The lowest BCUT2D eigenvalue weighted by Gasteiger charge is -2.16. The highest BCUT2D eigenvalue weighted by Crippen LogP contribution is 2.40. The van der Waals surface area contributed by atoms with Crippen LogP contribution in [0.15, 0.2) is 194 Å². The van der Waals surface area contributed by atoms with E-state index in [1.807, 2.05) is 85.8 Å². The minimum Gasteiger partial charge on any atom is -0.392 e. The smallest absolute Gasteiger partial charge is 0.170 e. The molecular weight excluding hydrogens is 769 g/mol. The van der Waals surface area contributed by atoms with Crippen molar-refractivity contribution in [3.8, 4) is 78.9 Å². The van der Waals surface area contributed by atoms with Gasteiger partial charge in [0, 0.05) is 33.6 Å². The quantitative estimate of drug-likeness (QED) is 0.129. The maximum absolute atomic E-state index is 9.52. The molecule has 1 N–H and O–H groups in total. The van der Waals surface area contributed by atoms with Gasteiger partial charge in [0.1, 0.15) is 0 Å². The predicted molar refractivity (Wildman–Crippen MR) is 251 cm³/mol. The van der Waals surface area contributed by atoms with Gasteiger partial charge >= 0.3 is 0 Å². The first-order chi connectivity index (χ1) is 30.1. The molecule has 0 spiro atoms. The zero-order valence-corrected chi connectivity index (χ0v) is 34.2. The van der Waals surface area contributed by atoms with E-state index < -0.39 is 0 Å². The molecule has 61 heavy (non-hydrogen) atoms. The third-order valence-corrected chi connectivity index (χ3v) is 11.2. The van der Waals surface area contributed by atoms with Crippen molar-refractivity contribution in [1.29, 1.82) is 0 Å². The largest absolute Gasteiger partial charge is 0.392 e. The molecule has 0 saturated heterocycles. The molecule has 7 nitrogen and oxygen atoms in total. The van der Waals surface area contributed by atoms with Gasteiger partial charge in [-0.1, -0.05) is 176 Å². The molecule has 3 heterocycles. The number of thioether (sulfide) groups is 1. The number of hydrogen-bond acceptors (Lipinski definition) is 8. The molecule has 0 unspecified atom stereocenters. The Bertz CT molecular complexity index is 2980. The number of benzene rings is 6. The molecule has 8 heteroatoms. The molecule has 9 rings (SSSR count). The van der Waals surface area contributed by atoms with Crippen LogP contribution in [0.5, 0.6) is 0 Å². The van der Waals surface area contributed by atoms with Crippen LogP contribution >= 0.6 is 11.8 Å². The van der Waals surface area contributed by atoms with E-state index in [9.17, 15) is 5.11 Å². The average molecular weight is 809 g/mol. The minimum atomic E-state index is -0.0809. The molecule has 0 aliphatic carbocycles. The SMILES string of the molecule is C/C=C(\C=C/CO)c1nc(-c2ccccc2)nc(-c2cccc(-c3ccccc3-c3ccccc3-c3cccc(-c4nc(C5=CC=CCS5)nc(-c5ccccc5)n4)c3)c2)n1. The van der Waals surface area contributed by atoms with Gasteiger partial charge in [-0.05, 0) is 58.5 Å². The summed E-state index contributed by atoms with van der Waals surface area (Å²) >= 11 is 1.73. The molecule has 294 valence electrons. The summed E-state index contributed by atoms with van der Waals surface area (Å²) < 4.78 is 0. The normalized spacial score (nSPS) is 12.8. The minimum absolute atomic E-state index is 0.0809. The van der Waals surface area contributed by atoms with Crippen molar-refractivity contribution in [2.75, 3.05) is 12.4 Å². The highest BCUT2D eigenvalue weighted by Gasteiger charge is 2.18. The monoisotopic (exact) mass is 808 g/mol. The first-order valence-corrected chi connectivity index (χ1v) is 21.1. The number of nitrogens with zero attached hydrogens (tertiary/aromatic N) is 6. The molecule has 6 aromatic carbocycles. The summed E-state index contributed by atoms with van der Waals surface area (Å²) in [6.45, 7) is 1.86. The van der Waals surface area contributed by atoms with Gasteiger partial charge < -0.3 is 5.11 Å². The van der Waals surface area contributed by atoms with E-state index in [0.717, 1.165) is 71.9 Å². The molecule has 0 fully saturated rings. The first kappa shape index (κ1) is 39.1. The standard InChI is InChI=1S/C53H40N6OS/c1-2-36(26-17-32-60)48-54-49(37-18-5-3-6-19-37)56-51(55-48)41-24-15-22-39(34-41)43-27-9-11-29-45(43)46-30-12-10-28-44(46)40-23-16-25-42(35-40)52-57-50(38-20-7-4-8-21-38)58-53(59-52)47-31-13-14-33-61-47/h2-31,34-35,60H,32-33H2,1H3/b26-17-,36-2+. The van der Waals surface area contributed by atoms with Crippen LogP contribution in [-0.4, -0.2) is 47.4 Å². The molecule has 8 aromatic rings. The van der Waals surface area contributed by atoms with Crippen molar-refractivity contribution in [2.45, 2.75) is 6.92 Å². The van der Waals surface area contributed by atoms with Crippen molar-refractivity contribution in [3.05, 3.63) is 206 Å². The van der Waals surface area contributed by atoms with Gasteiger partial charge in [-0.2, -0.15) is 0 Å². The van der Waals surface area contributed by atoms with E-state index in [-0.39, 0.29) is 6.61 Å². The first-order valence-electron chi connectivity index (χ1n) is 20.1. The van der Waals surface area contributed by atoms with Crippen molar-refractivity contribution in [2.24, 2.45) is 0 Å². The van der Waals surface area contributed by atoms with Crippen molar-refractivity contribution in [3.63, 3.8) is 0 Å². The van der Waals surface area contributed by atoms with Crippen LogP contribution < -0.4 is 0 Å². The van der Waals surface area contributed by atoms with Gasteiger partial charge in [0.15, 0.2) is 34.9 Å². The molecule has 0 bridgehead atoms. The number of rotatable bonds is 11. The van der Waals surface area contributed by atoms with Crippen LogP contribution in [0.1, 0.15) is 18.6 Å². The fraction of sp³-hybridized carbons (Fsp3) is 0.0566. The highest BCUT2D eigenvalue weighted by molar-refractivity contribution is 8.08. The molecule has 0 saturated carbocycles. The third-order valence-electron chi connectivity index (χ3n) is 10.3. The maximum Gasteiger partial charge on any atom is 0.170 e. The number of aliphatic hydroxyl groups excluding tert-OH is 1. The maximum atomic E-state index is 9.52. The van der Waals surface area contributed by atoms with E-state index in [1.165, 1.54) is 0 Å². The van der Waals surface area contributed by atoms with Crippen LogP contribution in [0.4, 0.5) is 0 Å². The van der Waals surface area contributed by atoms with Gasteiger partial charge in [-0.25, -0.2) is 29.9 Å². The summed E-state index contributed by atoms with van der Waals surface area (Å²) in [6.07, 6.45) is 11.7. The Morgan fingerprint density at radius 1 is 0.508 bits per heavy atom. The summed E-state index contributed by atoms with van der Waals surface area (Å²) in [5.74, 6) is 4.48. The molecule has 1 aliphatic rings. The second kappa shape index (κ2) is 18.3. The van der Waals surface area contributed by atoms with E-state index >= 15 is 0 Å². The lowest BCUT2D eigenvalue weighted by atomic mass is 9.88. The molecule has 2 aromatic heterocycles. The van der Waals surface area contributed by atoms with E-state index in [1.54, 1.807) is 17.8 Å². The van der Waals surface area contributed by atoms with Crippen molar-refractivity contribution in [1.82, 2.24) is 29.9 Å². The van der Waals surface area contributed by atoms with Crippen molar-refractivity contribution >= 4 is 22.2 Å². The lowest BCUT2D eigenvalue weighted by Crippen LogP contribution is -2.03. The fourth-order valence-corrected chi connectivity index (χ4v) is 8.07. The Hall–Kier alpha value is -7.39. The molecule has 1 aliphatic heterocycles. The van der Waals surface area contributed by atoms with Crippen LogP contribution in [0.25, 0.3) is 89.4 Å². The Kier molecular flexibility index (Phi) is 11.7. The molecular formula is C53H40N6OS. The van der Waals surface area contributed by atoms with Crippen molar-refractivity contribution < 1.29 is 5.11 Å². The predicted octanol–water partition coefficient (Wildman–Crippen LogP) is 12.3. The number of hydrogen-bond donors (Lipinski definition) is 1.